The highest BCUT2D eigenvalue weighted by molar-refractivity contribution is 7.98. The van der Waals surface area contributed by atoms with Gasteiger partial charge >= 0.3 is 6.61 Å². The van der Waals surface area contributed by atoms with E-state index in [4.69, 9.17) is 0 Å². The van der Waals surface area contributed by atoms with E-state index in [-0.39, 0.29) is 11.6 Å². The Bertz CT molecular complexity index is 808. The highest BCUT2D eigenvalue weighted by Gasteiger charge is 2.10. The van der Waals surface area contributed by atoms with Crippen molar-refractivity contribution in [2.24, 2.45) is 0 Å². The lowest BCUT2D eigenvalue weighted by Crippen LogP contribution is -2.01. The average Bonchev–Trinajstić information content (AvgIpc) is 3.03. The lowest BCUT2D eigenvalue weighted by atomic mass is 10.2. The van der Waals surface area contributed by atoms with Crippen molar-refractivity contribution >= 4 is 11.8 Å². The van der Waals surface area contributed by atoms with Gasteiger partial charge in [0.15, 0.2) is 5.82 Å². The second-order valence-electron chi connectivity index (χ2n) is 4.76. The number of hydrogen-bond acceptors (Lipinski definition) is 4. The van der Waals surface area contributed by atoms with E-state index in [0.717, 1.165) is 5.56 Å². The average molecular weight is 351 g/mol. The Morgan fingerprint density at radius 3 is 2.54 bits per heavy atom. The number of rotatable bonds is 6. The highest BCUT2D eigenvalue weighted by Crippen LogP contribution is 2.24. The van der Waals surface area contributed by atoms with Crippen LogP contribution in [0.4, 0.5) is 13.2 Å². The van der Waals surface area contributed by atoms with Gasteiger partial charge in [-0.15, -0.1) is 5.10 Å². The van der Waals surface area contributed by atoms with Gasteiger partial charge in [0.1, 0.15) is 11.6 Å². The van der Waals surface area contributed by atoms with Gasteiger partial charge in [-0.25, -0.2) is 9.37 Å². The van der Waals surface area contributed by atoms with Crippen LogP contribution in [0.2, 0.25) is 0 Å². The minimum absolute atomic E-state index is 0.110. The van der Waals surface area contributed by atoms with Crippen LogP contribution in [-0.4, -0.2) is 21.8 Å². The van der Waals surface area contributed by atoms with Crippen molar-refractivity contribution in [3.63, 3.8) is 0 Å². The zero-order valence-electron chi connectivity index (χ0n) is 12.2. The van der Waals surface area contributed by atoms with Gasteiger partial charge in [-0.2, -0.15) is 8.78 Å². The predicted molar refractivity (Wildman–Crippen MR) is 84.4 cm³/mol. The summed E-state index contributed by atoms with van der Waals surface area (Å²) in [4.78, 5) is 4.25. The molecule has 0 saturated carbocycles. The normalized spacial score (nSPS) is 11.0. The first-order valence-corrected chi connectivity index (χ1v) is 7.94. The summed E-state index contributed by atoms with van der Waals surface area (Å²) < 4.78 is 42.2. The van der Waals surface area contributed by atoms with E-state index < -0.39 is 6.61 Å². The molecule has 1 heterocycles. The quantitative estimate of drug-likeness (QED) is 0.664. The van der Waals surface area contributed by atoms with Crippen molar-refractivity contribution in [2.45, 2.75) is 17.5 Å². The molecule has 0 atom stereocenters. The Balaban J connectivity index is 1.62. The molecule has 0 aliphatic carbocycles. The molecule has 0 amide bonds. The number of hydrogen-bond donors (Lipinski definition) is 1. The number of thioether (sulfide) groups is 1. The zero-order valence-corrected chi connectivity index (χ0v) is 13.1. The molecule has 124 valence electrons. The fourth-order valence-corrected chi connectivity index (χ4v) is 2.75. The Hall–Kier alpha value is -2.48. The largest absolute Gasteiger partial charge is 0.435 e. The Morgan fingerprint density at radius 1 is 1.08 bits per heavy atom. The molecule has 1 aromatic heterocycles. The monoisotopic (exact) mass is 351 g/mol. The standard InChI is InChI=1S/C16H12F3N3OS/c17-13-4-2-1-3-12(13)14-20-16(22-21-14)24-9-10-5-7-11(8-6-10)23-15(18)19/h1-8,15H,9H2,(H,20,21,22). The molecule has 8 heteroatoms. The second-order valence-corrected chi connectivity index (χ2v) is 5.70. The maximum atomic E-state index is 13.7. The number of nitrogens with zero attached hydrogens (tertiary/aromatic N) is 2. The van der Waals surface area contributed by atoms with Gasteiger partial charge in [-0.05, 0) is 29.8 Å². The molecule has 3 rings (SSSR count). The van der Waals surface area contributed by atoms with E-state index in [2.05, 4.69) is 19.9 Å². The van der Waals surface area contributed by atoms with Gasteiger partial charge in [-0.1, -0.05) is 36.0 Å². The molecule has 3 aromatic rings. The van der Waals surface area contributed by atoms with E-state index in [1.165, 1.54) is 30.0 Å². The van der Waals surface area contributed by atoms with E-state index in [1.807, 2.05) is 0 Å². The topological polar surface area (TPSA) is 50.8 Å². The molecule has 4 nitrogen and oxygen atoms in total. The van der Waals surface area contributed by atoms with Crippen LogP contribution >= 0.6 is 11.8 Å². The number of H-pyrrole nitrogens is 1. The van der Waals surface area contributed by atoms with Gasteiger partial charge in [-0.3, -0.25) is 5.10 Å². The Kier molecular flexibility index (Phi) is 5.05. The first-order valence-electron chi connectivity index (χ1n) is 6.95. The van der Waals surface area contributed by atoms with Crippen molar-refractivity contribution in [3.8, 4) is 17.1 Å². The fourth-order valence-electron chi connectivity index (χ4n) is 2.00. The van der Waals surface area contributed by atoms with Crippen molar-refractivity contribution in [1.29, 1.82) is 0 Å². The third kappa shape index (κ3) is 4.08. The van der Waals surface area contributed by atoms with Crippen LogP contribution in [0.25, 0.3) is 11.4 Å². The van der Waals surface area contributed by atoms with Crippen molar-refractivity contribution in [1.82, 2.24) is 15.2 Å². The lowest BCUT2D eigenvalue weighted by molar-refractivity contribution is -0.0498. The molecule has 0 aliphatic heterocycles. The minimum Gasteiger partial charge on any atom is -0.435 e. The SMILES string of the molecule is Fc1ccccc1-c1nc(SCc2ccc(OC(F)F)cc2)n[nH]1. The smallest absolute Gasteiger partial charge is 0.387 e. The van der Waals surface area contributed by atoms with Crippen LogP contribution < -0.4 is 4.74 Å². The van der Waals surface area contributed by atoms with Crippen LogP contribution in [0.3, 0.4) is 0 Å². The summed E-state index contributed by atoms with van der Waals surface area (Å²) in [5.74, 6) is 0.637. The molecule has 0 saturated heterocycles. The first-order chi connectivity index (χ1) is 11.6. The summed E-state index contributed by atoms with van der Waals surface area (Å²) in [6.07, 6.45) is 0. The summed E-state index contributed by atoms with van der Waals surface area (Å²) >= 11 is 1.35. The van der Waals surface area contributed by atoms with E-state index in [0.29, 0.717) is 22.3 Å². The predicted octanol–water partition coefficient (Wildman–Crippen LogP) is 4.50. The number of ether oxygens (including phenoxy) is 1. The van der Waals surface area contributed by atoms with Crippen LogP contribution in [0.1, 0.15) is 5.56 Å². The number of halogens is 3. The molecule has 24 heavy (non-hydrogen) atoms. The summed E-state index contributed by atoms with van der Waals surface area (Å²) in [5, 5.41) is 7.22. The van der Waals surface area contributed by atoms with Gasteiger partial charge < -0.3 is 4.74 Å². The number of aromatic amines is 1. The number of benzene rings is 2. The van der Waals surface area contributed by atoms with Crippen molar-refractivity contribution < 1.29 is 17.9 Å². The molecule has 0 bridgehead atoms. The van der Waals surface area contributed by atoms with Crippen molar-refractivity contribution in [3.05, 3.63) is 59.9 Å². The molecular weight excluding hydrogens is 339 g/mol. The van der Waals surface area contributed by atoms with Crippen LogP contribution in [-0.2, 0) is 5.75 Å². The lowest BCUT2D eigenvalue weighted by Gasteiger charge is -2.04. The maximum Gasteiger partial charge on any atom is 0.387 e. The fraction of sp³-hybridized carbons (Fsp3) is 0.125. The first kappa shape index (κ1) is 16.4. The number of aromatic nitrogens is 3. The van der Waals surface area contributed by atoms with Crippen LogP contribution in [0, 0.1) is 5.82 Å². The third-order valence-electron chi connectivity index (χ3n) is 3.11. The summed E-state index contributed by atoms with van der Waals surface area (Å²) in [6.45, 7) is -2.84. The maximum absolute atomic E-state index is 13.7. The molecular formula is C16H12F3N3OS. The zero-order chi connectivity index (χ0) is 16.9. The van der Waals surface area contributed by atoms with Crippen LogP contribution in [0.15, 0.2) is 53.7 Å². The number of nitrogens with one attached hydrogen (secondary N) is 1. The molecule has 0 radical (unpaired) electrons. The Labute approximate surface area is 140 Å². The summed E-state index contributed by atoms with van der Waals surface area (Å²) in [6, 6.07) is 12.6. The molecule has 1 N–H and O–H groups in total. The second kappa shape index (κ2) is 7.39. The highest BCUT2D eigenvalue weighted by atomic mass is 32.2. The van der Waals surface area contributed by atoms with Gasteiger partial charge in [0, 0.05) is 5.75 Å². The molecule has 0 aliphatic rings. The van der Waals surface area contributed by atoms with Crippen LogP contribution in [0.5, 0.6) is 5.75 Å². The van der Waals surface area contributed by atoms with E-state index in [9.17, 15) is 13.2 Å². The van der Waals surface area contributed by atoms with Gasteiger partial charge in [0.25, 0.3) is 0 Å². The van der Waals surface area contributed by atoms with E-state index in [1.54, 1.807) is 30.3 Å². The molecule has 0 fully saturated rings. The third-order valence-corrected chi connectivity index (χ3v) is 4.03. The molecule has 0 unspecified atom stereocenters. The van der Waals surface area contributed by atoms with E-state index >= 15 is 0 Å². The van der Waals surface area contributed by atoms with Crippen molar-refractivity contribution in [2.75, 3.05) is 0 Å². The minimum atomic E-state index is -2.84. The summed E-state index contributed by atoms with van der Waals surface area (Å²) in [7, 11) is 0. The van der Waals surface area contributed by atoms with Gasteiger partial charge in [0.05, 0.1) is 5.56 Å². The molecule has 0 spiro atoms. The molecule has 2 aromatic carbocycles. The number of alkyl halides is 2. The Morgan fingerprint density at radius 2 is 1.83 bits per heavy atom. The van der Waals surface area contributed by atoms with Gasteiger partial charge in [0.2, 0.25) is 5.16 Å². The summed E-state index contributed by atoms with van der Waals surface area (Å²) in [5.41, 5.74) is 1.25.